The molecule has 0 unspecified atom stereocenters. The molecule has 0 aromatic rings. The standard InChI is InChI=1S/C8H12N2O2S/c1-2-13(11,12)10-6-8(7-10)4-3-5-9/h3-4,8H,2,6-7H2,1H3. The SMILES string of the molecule is CCS(=O)(=O)N1CC(C=CC#N)C1. The van der Waals surface area contributed by atoms with Crippen molar-refractivity contribution in [3.05, 3.63) is 12.2 Å². The van der Waals surface area contributed by atoms with Crippen LogP contribution in [0.2, 0.25) is 0 Å². The van der Waals surface area contributed by atoms with Gasteiger partial charge in [0.15, 0.2) is 0 Å². The molecule has 0 radical (unpaired) electrons. The molecular formula is C8H12N2O2S. The Kier molecular flexibility index (Phi) is 3.07. The van der Waals surface area contributed by atoms with Crippen molar-refractivity contribution in [1.29, 1.82) is 5.26 Å². The topological polar surface area (TPSA) is 61.2 Å². The molecule has 0 spiro atoms. The summed E-state index contributed by atoms with van der Waals surface area (Å²) in [6.45, 7) is 2.68. The van der Waals surface area contributed by atoms with E-state index in [9.17, 15) is 8.42 Å². The van der Waals surface area contributed by atoms with Crippen LogP contribution in [0.25, 0.3) is 0 Å². The minimum atomic E-state index is -3.00. The highest BCUT2D eigenvalue weighted by atomic mass is 32.2. The fraction of sp³-hybridized carbons (Fsp3) is 0.625. The normalized spacial score (nSPS) is 20.0. The average molecular weight is 200 g/mol. The van der Waals surface area contributed by atoms with E-state index < -0.39 is 10.0 Å². The van der Waals surface area contributed by atoms with Crippen molar-refractivity contribution >= 4 is 10.0 Å². The molecule has 5 heteroatoms. The second-order valence-corrected chi connectivity index (χ2v) is 5.22. The van der Waals surface area contributed by atoms with Crippen molar-refractivity contribution in [3.63, 3.8) is 0 Å². The van der Waals surface area contributed by atoms with Gasteiger partial charge in [0, 0.05) is 25.1 Å². The molecular weight excluding hydrogens is 188 g/mol. The zero-order valence-corrected chi connectivity index (χ0v) is 8.29. The number of rotatable bonds is 3. The van der Waals surface area contributed by atoms with Gasteiger partial charge in [-0.2, -0.15) is 5.26 Å². The zero-order chi connectivity index (χ0) is 9.90. The first-order valence-corrected chi connectivity index (χ1v) is 5.75. The zero-order valence-electron chi connectivity index (χ0n) is 7.47. The maximum atomic E-state index is 11.2. The quantitative estimate of drug-likeness (QED) is 0.617. The molecule has 0 amide bonds. The molecule has 4 nitrogen and oxygen atoms in total. The van der Waals surface area contributed by atoms with E-state index in [0.717, 1.165) is 0 Å². The van der Waals surface area contributed by atoms with E-state index in [0.29, 0.717) is 13.1 Å². The van der Waals surface area contributed by atoms with Crippen LogP contribution in [0.4, 0.5) is 0 Å². The van der Waals surface area contributed by atoms with Gasteiger partial charge in [-0.1, -0.05) is 6.08 Å². The summed E-state index contributed by atoms with van der Waals surface area (Å²) in [5.41, 5.74) is 0. The molecule has 0 aromatic carbocycles. The summed E-state index contributed by atoms with van der Waals surface area (Å²) in [6.07, 6.45) is 3.16. The number of hydrogen-bond acceptors (Lipinski definition) is 3. The Morgan fingerprint density at radius 3 is 2.69 bits per heavy atom. The Balaban J connectivity index is 2.43. The van der Waals surface area contributed by atoms with E-state index in [2.05, 4.69) is 0 Å². The van der Waals surface area contributed by atoms with Crippen LogP contribution in [0.15, 0.2) is 12.2 Å². The van der Waals surface area contributed by atoms with Crippen molar-refractivity contribution in [2.24, 2.45) is 5.92 Å². The van der Waals surface area contributed by atoms with Crippen molar-refractivity contribution in [2.45, 2.75) is 6.92 Å². The summed E-state index contributed by atoms with van der Waals surface area (Å²) >= 11 is 0. The third-order valence-electron chi connectivity index (χ3n) is 2.08. The first-order chi connectivity index (χ1) is 6.10. The Morgan fingerprint density at radius 1 is 1.62 bits per heavy atom. The van der Waals surface area contributed by atoms with Gasteiger partial charge in [-0.05, 0) is 6.92 Å². The fourth-order valence-corrected chi connectivity index (χ4v) is 2.38. The van der Waals surface area contributed by atoms with E-state index in [4.69, 9.17) is 5.26 Å². The molecule has 0 atom stereocenters. The number of nitrogens with zero attached hydrogens (tertiary/aromatic N) is 2. The summed E-state index contributed by atoms with van der Waals surface area (Å²) < 4.78 is 23.9. The second kappa shape index (κ2) is 3.90. The minimum Gasteiger partial charge on any atom is -0.212 e. The van der Waals surface area contributed by atoms with Gasteiger partial charge in [-0.15, -0.1) is 0 Å². The van der Waals surface area contributed by atoms with Crippen LogP contribution < -0.4 is 0 Å². The molecule has 1 heterocycles. The molecule has 1 aliphatic rings. The van der Waals surface area contributed by atoms with Crippen LogP contribution in [-0.4, -0.2) is 31.6 Å². The van der Waals surface area contributed by atoms with Gasteiger partial charge in [-0.3, -0.25) is 0 Å². The first kappa shape index (κ1) is 10.2. The number of hydrogen-bond donors (Lipinski definition) is 0. The Hall–Kier alpha value is -0.860. The lowest BCUT2D eigenvalue weighted by Crippen LogP contribution is -2.49. The van der Waals surface area contributed by atoms with Crippen LogP contribution >= 0.6 is 0 Å². The van der Waals surface area contributed by atoms with E-state index in [1.54, 1.807) is 13.0 Å². The third kappa shape index (κ3) is 2.29. The highest BCUT2D eigenvalue weighted by Crippen LogP contribution is 2.20. The van der Waals surface area contributed by atoms with Gasteiger partial charge >= 0.3 is 0 Å². The Labute approximate surface area is 78.5 Å². The molecule has 13 heavy (non-hydrogen) atoms. The van der Waals surface area contributed by atoms with Crippen molar-refractivity contribution in [1.82, 2.24) is 4.31 Å². The van der Waals surface area contributed by atoms with Crippen LogP contribution in [0.1, 0.15) is 6.92 Å². The summed E-state index contributed by atoms with van der Waals surface area (Å²) in [7, 11) is -3.00. The van der Waals surface area contributed by atoms with Gasteiger partial charge in [0.2, 0.25) is 10.0 Å². The van der Waals surface area contributed by atoms with Crippen molar-refractivity contribution in [3.8, 4) is 6.07 Å². The second-order valence-electron chi connectivity index (χ2n) is 2.97. The lowest BCUT2D eigenvalue weighted by molar-refractivity contribution is 0.243. The highest BCUT2D eigenvalue weighted by Gasteiger charge is 2.32. The average Bonchev–Trinajstić information content (AvgIpc) is 2.01. The first-order valence-electron chi connectivity index (χ1n) is 4.14. The predicted molar refractivity (Wildman–Crippen MR) is 49.3 cm³/mol. The maximum absolute atomic E-state index is 11.2. The summed E-state index contributed by atoms with van der Waals surface area (Å²) in [5, 5.41) is 8.24. The smallest absolute Gasteiger partial charge is 0.212 e. The predicted octanol–water partition coefficient (Wildman–Crippen LogP) is 0.348. The number of nitriles is 1. The van der Waals surface area contributed by atoms with Crippen molar-refractivity contribution < 1.29 is 8.42 Å². The summed E-state index contributed by atoms with van der Waals surface area (Å²) in [6, 6.07) is 1.89. The summed E-state index contributed by atoms with van der Waals surface area (Å²) in [5.74, 6) is 0.378. The molecule has 1 aliphatic heterocycles. The van der Waals surface area contributed by atoms with Crippen molar-refractivity contribution in [2.75, 3.05) is 18.8 Å². The molecule has 0 aliphatic carbocycles. The fourth-order valence-electron chi connectivity index (χ4n) is 1.18. The molecule has 0 saturated carbocycles. The lowest BCUT2D eigenvalue weighted by Gasteiger charge is -2.35. The van der Waals surface area contributed by atoms with E-state index in [1.807, 2.05) is 6.07 Å². The molecule has 1 saturated heterocycles. The number of allylic oxidation sites excluding steroid dienone is 1. The van der Waals surface area contributed by atoms with Gasteiger partial charge < -0.3 is 0 Å². The molecule has 1 rings (SSSR count). The van der Waals surface area contributed by atoms with Crippen LogP contribution in [-0.2, 0) is 10.0 Å². The van der Waals surface area contributed by atoms with Crippen LogP contribution in [0, 0.1) is 17.2 Å². The minimum absolute atomic E-state index is 0.154. The number of sulfonamides is 1. The summed E-state index contributed by atoms with van der Waals surface area (Å²) in [4.78, 5) is 0. The Bertz CT molecular complexity index is 334. The maximum Gasteiger partial charge on any atom is 0.213 e. The van der Waals surface area contributed by atoms with Gasteiger partial charge in [0.05, 0.1) is 11.8 Å². The highest BCUT2D eigenvalue weighted by molar-refractivity contribution is 7.89. The van der Waals surface area contributed by atoms with Crippen LogP contribution in [0.5, 0.6) is 0 Å². The molecule has 72 valence electrons. The lowest BCUT2D eigenvalue weighted by atomic mass is 10.0. The largest absolute Gasteiger partial charge is 0.213 e. The molecule has 0 aromatic heterocycles. The van der Waals surface area contributed by atoms with Gasteiger partial charge in [0.1, 0.15) is 0 Å². The molecule has 0 N–H and O–H groups in total. The monoisotopic (exact) mass is 200 g/mol. The third-order valence-corrected chi connectivity index (χ3v) is 3.89. The molecule has 1 fully saturated rings. The van der Waals surface area contributed by atoms with E-state index >= 15 is 0 Å². The van der Waals surface area contributed by atoms with E-state index in [-0.39, 0.29) is 11.7 Å². The van der Waals surface area contributed by atoms with Gasteiger partial charge in [-0.25, -0.2) is 12.7 Å². The Morgan fingerprint density at radius 2 is 2.23 bits per heavy atom. The van der Waals surface area contributed by atoms with E-state index in [1.165, 1.54) is 10.4 Å². The molecule has 0 bridgehead atoms. The van der Waals surface area contributed by atoms with Gasteiger partial charge in [0.25, 0.3) is 0 Å². The van der Waals surface area contributed by atoms with Crippen LogP contribution in [0.3, 0.4) is 0 Å².